The average molecular weight is 311 g/mol. The first-order valence-electron chi connectivity index (χ1n) is 6.85. The van der Waals surface area contributed by atoms with Crippen LogP contribution in [-0.4, -0.2) is 30.1 Å². The molecule has 1 aromatic rings. The van der Waals surface area contributed by atoms with Gasteiger partial charge in [-0.15, -0.1) is 0 Å². The van der Waals surface area contributed by atoms with Gasteiger partial charge in [-0.05, 0) is 38.0 Å². The van der Waals surface area contributed by atoms with Gasteiger partial charge in [-0.3, -0.25) is 4.90 Å². The quantitative estimate of drug-likeness (QED) is 0.918. The highest BCUT2D eigenvalue weighted by Gasteiger charge is 2.26. The van der Waals surface area contributed by atoms with E-state index in [1.165, 1.54) is 10.0 Å². The van der Waals surface area contributed by atoms with E-state index in [4.69, 9.17) is 0 Å². The van der Waals surface area contributed by atoms with Crippen molar-refractivity contribution < 1.29 is 0 Å². The van der Waals surface area contributed by atoms with Gasteiger partial charge in [0.05, 0.1) is 0 Å². The third-order valence-electron chi connectivity index (χ3n) is 3.65. The molecule has 1 aliphatic rings. The summed E-state index contributed by atoms with van der Waals surface area (Å²) in [5.41, 5.74) is 1.42. The molecule has 1 aromatic carbocycles. The van der Waals surface area contributed by atoms with Gasteiger partial charge in [0.1, 0.15) is 0 Å². The minimum atomic E-state index is 0.537. The van der Waals surface area contributed by atoms with Crippen LogP contribution in [0.5, 0.6) is 0 Å². The molecule has 1 saturated heterocycles. The molecule has 1 aliphatic heterocycles. The third kappa shape index (κ3) is 3.34. The fourth-order valence-electron chi connectivity index (χ4n) is 3.04. The van der Waals surface area contributed by atoms with Crippen LogP contribution in [0.25, 0.3) is 0 Å². The van der Waals surface area contributed by atoms with Gasteiger partial charge in [-0.2, -0.15) is 0 Å². The van der Waals surface area contributed by atoms with E-state index in [0.29, 0.717) is 18.1 Å². The van der Waals surface area contributed by atoms with Crippen molar-refractivity contribution in [2.45, 2.75) is 45.3 Å². The summed E-state index contributed by atoms with van der Waals surface area (Å²) in [6.45, 7) is 9.10. The lowest BCUT2D eigenvalue weighted by molar-refractivity contribution is 0.119. The van der Waals surface area contributed by atoms with Crippen molar-refractivity contribution in [1.82, 2.24) is 10.2 Å². The first-order chi connectivity index (χ1) is 8.60. The number of halogens is 1. The summed E-state index contributed by atoms with van der Waals surface area (Å²) in [6.07, 6.45) is 1.16. The summed E-state index contributed by atoms with van der Waals surface area (Å²) >= 11 is 3.58. The van der Waals surface area contributed by atoms with Gasteiger partial charge in [0.2, 0.25) is 0 Å². The maximum Gasteiger partial charge on any atom is 0.0347 e. The fraction of sp³-hybridized carbons (Fsp3) is 0.600. The van der Waals surface area contributed by atoms with Gasteiger partial charge in [0.15, 0.2) is 0 Å². The summed E-state index contributed by atoms with van der Waals surface area (Å²) < 4.78 is 1.18. The van der Waals surface area contributed by atoms with Crippen molar-refractivity contribution in [3.05, 3.63) is 34.3 Å². The largest absolute Gasteiger partial charge is 0.309 e. The van der Waals surface area contributed by atoms with E-state index in [1.807, 2.05) is 0 Å². The van der Waals surface area contributed by atoms with Crippen LogP contribution in [0.2, 0.25) is 0 Å². The van der Waals surface area contributed by atoms with Crippen molar-refractivity contribution in [2.24, 2.45) is 0 Å². The maximum atomic E-state index is 3.60. The molecular formula is C15H23BrN2. The van der Waals surface area contributed by atoms with Gasteiger partial charge in [0, 0.05) is 35.7 Å². The van der Waals surface area contributed by atoms with Gasteiger partial charge >= 0.3 is 0 Å². The molecule has 2 nitrogen and oxygen atoms in total. The standard InChI is InChI=1S/C15H23BrN2/c1-4-15(13-6-5-7-14(16)8-13)18-9-11(2)17-12(3)10-18/h5-8,11-12,15,17H,4,9-10H2,1-3H3. The minimum Gasteiger partial charge on any atom is -0.309 e. The molecule has 1 N–H and O–H groups in total. The Morgan fingerprint density at radius 2 is 2.00 bits per heavy atom. The van der Waals surface area contributed by atoms with Gasteiger partial charge in [-0.25, -0.2) is 0 Å². The smallest absolute Gasteiger partial charge is 0.0347 e. The highest BCUT2D eigenvalue weighted by molar-refractivity contribution is 9.10. The van der Waals surface area contributed by atoms with E-state index in [0.717, 1.165) is 19.5 Å². The first-order valence-corrected chi connectivity index (χ1v) is 7.65. The summed E-state index contributed by atoms with van der Waals surface area (Å²) in [5, 5.41) is 3.60. The molecule has 18 heavy (non-hydrogen) atoms. The number of hydrogen-bond acceptors (Lipinski definition) is 2. The molecule has 3 atom stereocenters. The van der Waals surface area contributed by atoms with E-state index < -0.39 is 0 Å². The number of piperazine rings is 1. The first kappa shape index (κ1) is 14.0. The molecule has 1 fully saturated rings. The van der Waals surface area contributed by atoms with Gasteiger partial charge in [-0.1, -0.05) is 35.0 Å². The zero-order valence-electron chi connectivity index (χ0n) is 11.5. The monoisotopic (exact) mass is 310 g/mol. The predicted octanol–water partition coefficient (Wildman–Crippen LogP) is 3.58. The second-order valence-corrected chi connectivity index (χ2v) is 6.32. The number of benzene rings is 1. The molecule has 0 radical (unpaired) electrons. The Hall–Kier alpha value is -0.380. The lowest BCUT2D eigenvalue weighted by Gasteiger charge is -2.41. The SMILES string of the molecule is CCC(c1cccc(Br)c1)N1CC(C)NC(C)C1. The van der Waals surface area contributed by atoms with E-state index in [1.54, 1.807) is 0 Å². The molecule has 0 bridgehead atoms. The average Bonchev–Trinajstić information content (AvgIpc) is 2.28. The molecule has 100 valence electrons. The molecule has 0 spiro atoms. The van der Waals surface area contributed by atoms with Crippen LogP contribution in [0.15, 0.2) is 28.7 Å². The van der Waals surface area contributed by atoms with Crippen molar-refractivity contribution in [3.8, 4) is 0 Å². The van der Waals surface area contributed by atoms with Gasteiger partial charge < -0.3 is 5.32 Å². The fourth-order valence-corrected chi connectivity index (χ4v) is 3.46. The Morgan fingerprint density at radius 1 is 1.33 bits per heavy atom. The van der Waals surface area contributed by atoms with Crippen molar-refractivity contribution in [2.75, 3.05) is 13.1 Å². The number of rotatable bonds is 3. The second-order valence-electron chi connectivity index (χ2n) is 5.40. The van der Waals surface area contributed by atoms with Crippen molar-refractivity contribution in [3.63, 3.8) is 0 Å². The zero-order chi connectivity index (χ0) is 13.1. The van der Waals surface area contributed by atoms with Crippen LogP contribution in [0.1, 0.15) is 38.8 Å². The Kier molecular flexibility index (Phi) is 4.82. The second kappa shape index (κ2) is 6.18. The summed E-state index contributed by atoms with van der Waals surface area (Å²) in [4.78, 5) is 2.62. The van der Waals surface area contributed by atoms with Crippen molar-refractivity contribution >= 4 is 15.9 Å². The molecule has 0 amide bonds. The van der Waals surface area contributed by atoms with E-state index in [9.17, 15) is 0 Å². The molecule has 0 aliphatic carbocycles. The van der Waals surface area contributed by atoms with Crippen LogP contribution in [-0.2, 0) is 0 Å². The normalized spacial score (nSPS) is 27.1. The van der Waals surface area contributed by atoms with Crippen molar-refractivity contribution in [1.29, 1.82) is 0 Å². The molecule has 3 heteroatoms. The molecule has 3 unspecified atom stereocenters. The lowest BCUT2D eigenvalue weighted by Crippen LogP contribution is -2.54. The van der Waals surface area contributed by atoms with E-state index in [2.05, 4.69) is 71.2 Å². The number of nitrogens with zero attached hydrogens (tertiary/aromatic N) is 1. The third-order valence-corrected chi connectivity index (χ3v) is 4.14. The van der Waals surface area contributed by atoms with Crippen LogP contribution >= 0.6 is 15.9 Å². The molecule has 1 heterocycles. The highest BCUT2D eigenvalue weighted by atomic mass is 79.9. The minimum absolute atomic E-state index is 0.537. The van der Waals surface area contributed by atoms with E-state index >= 15 is 0 Å². The Labute approximate surface area is 119 Å². The van der Waals surface area contributed by atoms with Crippen LogP contribution in [0.4, 0.5) is 0 Å². The van der Waals surface area contributed by atoms with Crippen LogP contribution in [0, 0.1) is 0 Å². The molecular weight excluding hydrogens is 288 g/mol. The Morgan fingerprint density at radius 3 is 2.56 bits per heavy atom. The topological polar surface area (TPSA) is 15.3 Å². The number of nitrogens with one attached hydrogen (secondary N) is 1. The van der Waals surface area contributed by atoms with Crippen LogP contribution < -0.4 is 5.32 Å². The molecule has 2 rings (SSSR count). The molecule has 0 saturated carbocycles. The number of hydrogen-bond donors (Lipinski definition) is 1. The van der Waals surface area contributed by atoms with Crippen LogP contribution in [0.3, 0.4) is 0 Å². The summed E-state index contributed by atoms with van der Waals surface area (Å²) in [6, 6.07) is 10.4. The van der Waals surface area contributed by atoms with E-state index in [-0.39, 0.29) is 0 Å². The highest BCUT2D eigenvalue weighted by Crippen LogP contribution is 2.27. The Bertz CT molecular complexity index is 384. The zero-order valence-corrected chi connectivity index (χ0v) is 13.1. The summed E-state index contributed by atoms with van der Waals surface area (Å²) in [5.74, 6) is 0. The molecule has 0 aromatic heterocycles. The summed E-state index contributed by atoms with van der Waals surface area (Å²) in [7, 11) is 0. The predicted molar refractivity (Wildman–Crippen MR) is 80.8 cm³/mol. The Balaban J connectivity index is 2.17. The maximum absolute atomic E-state index is 3.60. The lowest BCUT2D eigenvalue weighted by atomic mass is 10.00. The van der Waals surface area contributed by atoms with Gasteiger partial charge in [0.25, 0.3) is 0 Å².